The zero-order valence-corrected chi connectivity index (χ0v) is 10.3. The molecule has 1 heterocycles. The summed E-state index contributed by atoms with van der Waals surface area (Å²) in [7, 11) is 0. The van der Waals surface area contributed by atoms with Crippen LogP contribution in [0.3, 0.4) is 0 Å². The van der Waals surface area contributed by atoms with Crippen molar-refractivity contribution in [1.82, 2.24) is 15.5 Å². The first-order valence-corrected chi connectivity index (χ1v) is 5.90. The minimum Gasteiger partial charge on any atom is -0.345 e. The highest BCUT2D eigenvalue weighted by Crippen LogP contribution is 2.31. The maximum absolute atomic E-state index is 12.2. The predicted molar refractivity (Wildman–Crippen MR) is 64.6 cm³/mol. The Bertz CT molecular complexity index is 435. The number of rotatable bonds is 3. The lowest BCUT2D eigenvalue weighted by atomic mass is 9.76. The molecule has 3 N–H and O–H groups in total. The van der Waals surface area contributed by atoms with Crippen LogP contribution in [0.25, 0.3) is 0 Å². The largest absolute Gasteiger partial charge is 0.345 e. The van der Waals surface area contributed by atoms with Crippen LogP contribution in [0.2, 0.25) is 0 Å². The minimum absolute atomic E-state index is 0.0920. The van der Waals surface area contributed by atoms with Gasteiger partial charge in [0.2, 0.25) is 0 Å². The van der Waals surface area contributed by atoms with E-state index in [2.05, 4.69) is 15.5 Å². The van der Waals surface area contributed by atoms with Gasteiger partial charge in [-0.15, -0.1) is 0 Å². The second-order valence-electron chi connectivity index (χ2n) is 4.78. The number of nitrogens with two attached hydrogens (primary N) is 1. The van der Waals surface area contributed by atoms with E-state index in [9.17, 15) is 4.79 Å². The molecule has 0 aliphatic heterocycles. The number of amides is 1. The topological polar surface area (TPSA) is 80.9 Å². The summed E-state index contributed by atoms with van der Waals surface area (Å²) in [6.07, 6.45) is 3.06. The number of hydrogen-bond donors (Lipinski definition) is 2. The van der Waals surface area contributed by atoms with Gasteiger partial charge in [-0.3, -0.25) is 4.79 Å². The van der Waals surface area contributed by atoms with Gasteiger partial charge in [-0.25, -0.2) is 0 Å². The zero-order chi connectivity index (χ0) is 12.5. The van der Waals surface area contributed by atoms with E-state index in [1.165, 1.54) is 0 Å². The predicted octanol–water partition coefficient (Wildman–Crippen LogP) is 0.705. The Hall–Kier alpha value is -1.49. The van der Waals surface area contributed by atoms with Crippen molar-refractivity contribution in [1.29, 1.82) is 0 Å². The van der Waals surface area contributed by atoms with Crippen LogP contribution in [0.1, 0.15) is 41.0 Å². The van der Waals surface area contributed by atoms with Crippen molar-refractivity contribution in [2.75, 3.05) is 6.54 Å². The van der Waals surface area contributed by atoms with Gasteiger partial charge in [0.25, 0.3) is 5.91 Å². The fraction of sp³-hybridized carbons (Fsp3) is 0.583. The number of nitrogens with one attached hydrogen (secondary N) is 1. The molecule has 1 saturated carbocycles. The van der Waals surface area contributed by atoms with Crippen LogP contribution in [0.4, 0.5) is 0 Å². The Morgan fingerprint density at radius 3 is 2.71 bits per heavy atom. The third-order valence-electron chi connectivity index (χ3n) is 3.43. The van der Waals surface area contributed by atoms with Crippen molar-refractivity contribution in [3.63, 3.8) is 0 Å². The molecular weight excluding hydrogens is 216 g/mol. The summed E-state index contributed by atoms with van der Waals surface area (Å²) in [4.78, 5) is 12.2. The number of aromatic nitrogens is 2. The minimum atomic E-state index is -0.194. The lowest BCUT2D eigenvalue weighted by Gasteiger charge is -2.41. The van der Waals surface area contributed by atoms with Crippen LogP contribution in [0, 0.1) is 13.8 Å². The van der Waals surface area contributed by atoms with Gasteiger partial charge in [0, 0.05) is 6.54 Å². The molecule has 92 valence electrons. The molecule has 1 fully saturated rings. The third kappa shape index (κ3) is 2.29. The lowest BCUT2D eigenvalue weighted by molar-refractivity contribution is 0.0836. The summed E-state index contributed by atoms with van der Waals surface area (Å²) in [5, 5.41) is 10.9. The first-order valence-electron chi connectivity index (χ1n) is 5.90. The molecule has 17 heavy (non-hydrogen) atoms. The summed E-state index contributed by atoms with van der Waals surface area (Å²) in [6, 6.07) is 1.76. The van der Waals surface area contributed by atoms with Crippen LogP contribution in [-0.4, -0.2) is 28.2 Å². The first-order chi connectivity index (χ1) is 8.06. The summed E-state index contributed by atoms with van der Waals surface area (Å²) in [5.74, 6) is -0.0920. The Morgan fingerprint density at radius 2 is 2.18 bits per heavy atom. The monoisotopic (exact) mass is 234 g/mol. The zero-order valence-electron chi connectivity index (χ0n) is 10.3. The number of carbonyl (C=O) groups excluding carboxylic acids is 1. The SMILES string of the molecule is Cc1cc(C(=O)NC2(CN)CCC2)c(C)nn1. The Kier molecular flexibility index (Phi) is 3.11. The lowest BCUT2D eigenvalue weighted by Crippen LogP contribution is -2.58. The van der Waals surface area contributed by atoms with E-state index in [4.69, 9.17) is 5.73 Å². The maximum atomic E-state index is 12.2. The van der Waals surface area contributed by atoms with E-state index in [1.807, 2.05) is 6.92 Å². The second kappa shape index (κ2) is 4.41. The molecule has 0 bridgehead atoms. The van der Waals surface area contributed by atoms with Crippen LogP contribution in [0.5, 0.6) is 0 Å². The molecule has 1 aromatic heterocycles. The highest BCUT2D eigenvalue weighted by molar-refractivity contribution is 5.95. The van der Waals surface area contributed by atoms with E-state index < -0.39 is 0 Å². The second-order valence-corrected chi connectivity index (χ2v) is 4.78. The van der Waals surface area contributed by atoms with Crippen LogP contribution < -0.4 is 11.1 Å². The normalized spacial score (nSPS) is 17.4. The van der Waals surface area contributed by atoms with Crippen LogP contribution in [-0.2, 0) is 0 Å². The molecule has 0 saturated heterocycles. The van der Waals surface area contributed by atoms with E-state index in [1.54, 1.807) is 13.0 Å². The summed E-state index contributed by atoms with van der Waals surface area (Å²) < 4.78 is 0. The molecule has 2 rings (SSSR count). The summed E-state index contributed by atoms with van der Waals surface area (Å²) in [6.45, 7) is 4.11. The average Bonchev–Trinajstić information content (AvgIpc) is 2.26. The smallest absolute Gasteiger partial charge is 0.253 e. The van der Waals surface area contributed by atoms with Crippen molar-refractivity contribution >= 4 is 5.91 Å². The van der Waals surface area contributed by atoms with Gasteiger partial charge >= 0.3 is 0 Å². The molecule has 0 atom stereocenters. The summed E-state index contributed by atoms with van der Waals surface area (Å²) >= 11 is 0. The van der Waals surface area contributed by atoms with Gasteiger partial charge in [-0.05, 0) is 39.2 Å². The Morgan fingerprint density at radius 1 is 1.47 bits per heavy atom. The molecule has 5 heteroatoms. The van der Waals surface area contributed by atoms with Gasteiger partial charge in [-0.2, -0.15) is 10.2 Å². The van der Waals surface area contributed by atoms with Crippen molar-refractivity contribution in [2.24, 2.45) is 5.73 Å². The molecule has 0 aromatic carbocycles. The van der Waals surface area contributed by atoms with Crippen molar-refractivity contribution in [3.05, 3.63) is 23.0 Å². The summed E-state index contributed by atoms with van der Waals surface area (Å²) in [5.41, 5.74) is 7.52. The maximum Gasteiger partial charge on any atom is 0.253 e. The van der Waals surface area contributed by atoms with Gasteiger partial charge in [0.15, 0.2) is 0 Å². The highest BCUT2D eigenvalue weighted by atomic mass is 16.1. The number of carbonyl (C=O) groups is 1. The van der Waals surface area contributed by atoms with Crippen LogP contribution >= 0.6 is 0 Å². The molecule has 1 amide bonds. The van der Waals surface area contributed by atoms with E-state index >= 15 is 0 Å². The van der Waals surface area contributed by atoms with Gasteiger partial charge in [0.05, 0.1) is 22.5 Å². The fourth-order valence-corrected chi connectivity index (χ4v) is 2.07. The molecular formula is C12H18N4O. The first kappa shape index (κ1) is 12.0. The van der Waals surface area contributed by atoms with Crippen LogP contribution in [0.15, 0.2) is 6.07 Å². The Labute approximate surface area is 101 Å². The van der Waals surface area contributed by atoms with E-state index in [0.717, 1.165) is 25.0 Å². The molecule has 5 nitrogen and oxygen atoms in total. The standard InChI is InChI=1S/C12H18N4O/c1-8-6-10(9(2)16-15-8)11(17)14-12(7-13)4-3-5-12/h6H,3-5,7,13H2,1-2H3,(H,14,17). The average molecular weight is 234 g/mol. The van der Waals surface area contributed by atoms with E-state index in [0.29, 0.717) is 17.8 Å². The quantitative estimate of drug-likeness (QED) is 0.807. The molecule has 0 radical (unpaired) electrons. The number of hydrogen-bond acceptors (Lipinski definition) is 4. The molecule has 0 spiro atoms. The van der Waals surface area contributed by atoms with Gasteiger partial charge in [0.1, 0.15) is 0 Å². The fourth-order valence-electron chi connectivity index (χ4n) is 2.07. The van der Waals surface area contributed by atoms with E-state index in [-0.39, 0.29) is 11.4 Å². The van der Waals surface area contributed by atoms with Crippen molar-refractivity contribution in [2.45, 2.75) is 38.6 Å². The molecule has 0 unspecified atom stereocenters. The Balaban J connectivity index is 2.17. The molecule has 1 aliphatic rings. The highest BCUT2D eigenvalue weighted by Gasteiger charge is 2.37. The third-order valence-corrected chi connectivity index (χ3v) is 3.43. The van der Waals surface area contributed by atoms with Gasteiger partial charge < -0.3 is 11.1 Å². The molecule has 1 aromatic rings. The molecule has 1 aliphatic carbocycles. The number of nitrogens with zero attached hydrogens (tertiary/aromatic N) is 2. The van der Waals surface area contributed by atoms with Gasteiger partial charge in [-0.1, -0.05) is 0 Å². The van der Waals surface area contributed by atoms with Crippen molar-refractivity contribution < 1.29 is 4.79 Å². The van der Waals surface area contributed by atoms with Crippen molar-refractivity contribution in [3.8, 4) is 0 Å². The number of aryl methyl sites for hydroxylation is 2.